The summed E-state index contributed by atoms with van der Waals surface area (Å²) in [7, 11) is 6.57. The van der Waals surface area contributed by atoms with Crippen LogP contribution in [0, 0.1) is 35.5 Å². The van der Waals surface area contributed by atoms with Crippen molar-refractivity contribution in [2.24, 2.45) is 35.5 Å². The summed E-state index contributed by atoms with van der Waals surface area (Å²) in [5, 5.41) is 34.4. The second kappa shape index (κ2) is 28.9. The monoisotopic (exact) mass is 1230 g/mol. The minimum atomic E-state index is -1.47. The van der Waals surface area contributed by atoms with Gasteiger partial charge in [0, 0.05) is 104 Å². The van der Waals surface area contributed by atoms with Gasteiger partial charge in [0.05, 0.1) is 53.8 Å². The second-order valence-corrected chi connectivity index (χ2v) is 26.8. The smallest absolute Gasteiger partial charge is 0.425 e. The number of hydrazine groups is 1. The van der Waals surface area contributed by atoms with Gasteiger partial charge in [0.2, 0.25) is 5.91 Å². The number of hydrogen-bond acceptors (Lipinski definition) is 19. The van der Waals surface area contributed by atoms with Crippen LogP contribution in [0.15, 0.2) is 30.5 Å². The van der Waals surface area contributed by atoms with Gasteiger partial charge in [0.1, 0.15) is 49.0 Å². The molecule has 7 heterocycles. The Labute approximate surface area is 514 Å². The van der Waals surface area contributed by atoms with Crippen LogP contribution in [0.4, 0.5) is 9.18 Å². The molecule has 22 nitrogen and oxygen atoms in total. The van der Waals surface area contributed by atoms with Crippen LogP contribution in [0.3, 0.4) is 0 Å². The van der Waals surface area contributed by atoms with E-state index in [0.717, 1.165) is 37.9 Å². The van der Waals surface area contributed by atoms with Gasteiger partial charge in [-0.15, -0.1) is 5.10 Å². The summed E-state index contributed by atoms with van der Waals surface area (Å²) in [6.07, 6.45) is -3.01. The molecular formula is C64H102FN7O15. The third-order valence-electron chi connectivity index (χ3n) is 20.9. The number of rotatable bonds is 19. The number of cyclic esters (lactones) is 1. The van der Waals surface area contributed by atoms with Crippen LogP contribution in [-0.4, -0.2) is 216 Å². The van der Waals surface area contributed by atoms with E-state index < -0.39 is 138 Å². The van der Waals surface area contributed by atoms with Crippen LogP contribution < -0.4 is 5.43 Å². The fraction of sp³-hybridized carbons (Fsp3) is 0.812. The molecule has 490 valence electrons. The molecule has 6 aliphatic heterocycles. The molecule has 6 fully saturated rings. The lowest BCUT2D eigenvalue weighted by molar-refractivity contribution is -0.305. The van der Waals surface area contributed by atoms with Gasteiger partial charge in [-0.05, 0) is 109 Å². The van der Waals surface area contributed by atoms with Crippen LogP contribution in [0.5, 0.6) is 0 Å². The lowest BCUT2D eigenvalue weighted by Gasteiger charge is -2.52. The van der Waals surface area contributed by atoms with Gasteiger partial charge in [-0.1, -0.05) is 64.1 Å². The molecule has 0 saturated carbocycles. The first-order valence-electron chi connectivity index (χ1n) is 31.8. The number of hydrogen-bond donors (Lipinski definition) is 3. The summed E-state index contributed by atoms with van der Waals surface area (Å²) >= 11 is 0. The average molecular weight is 1230 g/mol. The zero-order chi connectivity index (χ0) is 63.4. The van der Waals surface area contributed by atoms with Crippen molar-refractivity contribution in [2.75, 3.05) is 74.4 Å². The number of carbonyl (C=O) groups excluding carboxylic acids is 4. The summed E-state index contributed by atoms with van der Waals surface area (Å²) in [6, 6.07) is 5.89. The fourth-order valence-electron chi connectivity index (χ4n) is 15.5. The predicted octanol–water partition coefficient (Wildman–Crippen LogP) is 6.55. The van der Waals surface area contributed by atoms with Gasteiger partial charge >= 0.3 is 12.1 Å². The van der Waals surface area contributed by atoms with Gasteiger partial charge in [0.15, 0.2) is 11.9 Å². The molecule has 2 aromatic rings. The number of alkyl halides is 1. The van der Waals surface area contributed by atoms with Gasteiger partial charge in [-0.25, -0.2) is 24.3 Å². The number of Topliss-reactive ketones (excluding diaryl/α,β-unsaturated/α-hetero) is 1. The molecular weight excluding hydrogens is 1130 g/mol. The Morgan fingerprint density at radius 1 is 0.943 bits per heavy atom. The molecule has 1 aromatic heterocycles. The quantitative estimate of drug-likeness (QED) is 0.126. The van der Waals surface area contributed by atoms with Gasteiger partial charge in [-0.3, -0.25) is 14.4 Å². The molecule has 87 heavy (non-hydrogen) atoms. The van der Waals surface area contributed by atoms with E-state index in [2.05, 4.69) is 27.9 Å². The van der Waals surface area contributed by atoms with Crippen LogP contribution in [0.25, 0.3) is 0 Å². The molecule has 0 spiro atoms. The highest BCUT2D eigenvalue weighted by atomic mass is 19.1. The number of likely N-dealkylation sites (N-methyl/N-ethyl adjacent to an activating group) is 1. The minimum absolute atomic E-state index is 0.0937. The molecule has 0 radical (unpaired) electrons. The van der Waals surface area contributed by atoms with Crippen molar-refractivity contribution in [3.05, 3.63) is 47.3 Å². The Morgan fingerprint density at radius 3 is 2.24 bits per heavy atom. The third-order valence-corrected chi connectivity index (χ3v) is 20.9. The van der Waals surface area contributed by atoms with E-state index in [-0.39, 0.29) is 36.9 Å². The van der Waals surface area contributed by atoms with Gasteiger partial charge in [-0.2, -0.15) is 0 Å². The van der Waals surface area contributed by atoms with Crippen molar-refractivity contribution >= 4 is 23.8 Å². The molecule has 3 N–H and O–H groups in total. The number of ether oxygens (including phenoxy) is 9. The number of halogens is 1. The Bertz CT molecular complexity index is 2610. The number of nitrogens with one attached hydrogen (secondary N) is 1. The maximum Gasteiger partial charge on any atom is 0.425 e. The van der Waals surface area contributed by atoms with Crippen molar-refractivity contribution in [1.29, 1.82) is 0 Å². The summed E-state index contributed by atoms with van der Waals surface area (Å²) in [6.45, 7) is 22.6. The van der Waals surface area contributed by atoms with Crippen LogP contribution in [-0.2, 0) is 63.4 Å². The summed E-state index contributed by atoms with van der Waals surface area (Å²) in [5.74, 6) is -4.13. The average Bonchev–Trinajstić information content (AvgIpc) is 1.86. The first-order chi connectivity index (χ1) is 41.3. The van der Waals surface area contributed by atoms with Gasteiger partial charge < -0.3 is 62.6 Å². The van der Waals surface area contributed by atoms with E-state index >= 15 is 14.0 Å². The molecule has 2 amide bonds. The number of likely N-dealkylation sites (tertiary alicyclic amines) is 1. The maximum atomic E-state index is 15.3. The molecule has 0 aliphatic carbocycles. The van der Waals surface area contributed by atoms with Crippen molar-refractivity contribution in [3.63, 3.8) is 0 Å². The molecule has 1 aromatic carbocycles. The van der Waals surface area contributed by atoms with Crippen molar-refractivity contribution < 1.29 is 76.4 Å². The number of ketones is 1. The van der Waals surface area contributed by atoms with Crippen LogP contribution >= 0.6 is 0 Å². The normalized spacial score (nSPS) is 38.4. The molecule has 2 unspecified atom stereocenters. The second-order valence-electron chi connectivity index (χ2n) is 26.8. The number of esters is 1. The molecule has 8 rings (SSSR count). The Hall–Kier alpha value is -4.27. The lowest BCUT2D eigenvalue weighted by Crippen LogP contribution is -2.63. The number of methoxy groups -OCH3 is 3. The minimum Gasteiger partial charge on any atom is -0.458 e. The van der Waals surface area contributed by atoms with Crippen LogP contribution in [0.1, 0.15) is 156 Å². The Morgan fingerprint density at radius 2 is 1.63 bits per heavy atom. The largest absolute Gasteiger partial charge is 0.458 e. The molecule has 6 saturated heterocycles. The van der Waals surface area contributed by atoms with Crippen molar-refractivity contribution in [3.8, 4) is 0 Å². The molecule has 21 atom stereocenters. The SMILES string of the molecule is CC[C@H]1OC(=O)[C@H](C)[C@@H](C2C[C@@](C)(OC)[C@@H](O)[C@H](C)O2)[C@H](C)[C@@H](O[C@@H]2O[C@H](C)C[C@H](N(C)CCc3cn([C@H](CF)[C@H](OC)c4ccc(C5CCN(C(C)=O)CC5)cc4)nn3)[C@H]2O)[C@](C)(OC)C[C@@H](C)C(=O)[C@H](C)[C@H]2N(NCC3CCOC3)C(=O)O[C@]12C. The van der Waals surface area contributed by atoms with E-state index in [1.54, 1.807) is 55.0 Å². The van der Waals surface area contributed by atoms with E-state index in [9.17, 15) is 19.8 Å². The molecule has 0 bridgehead atoms. The highest BCUT2D eigenvalue weighted by molar-refractivity contribution is 5.85. The number of aliphatic hydroxyl groups is 2. The number of fused-ring (bicyclic) bond motifs is 1. The first-order valence-corrected chi connectivity index (χ1v) is 31.8. The number of nitrogens with zero attached hydrogens (tertiary/aromatic N) is 6. The summed E-state index contributed by atoms with van der Waals surface area (Å²) in [4.78, 5) is 60.5. The number of benzene rings is 1. The number of carbonyl (C=O) groups is 4. The molecule has 6 aliphatic rings. The summed E-state index contributed by atoms with van der Waals surface area (Å²) in [5.41, 5.74) is 2.02. The van der Waals surface area contributed by atoms with Crippen LogP contribution in [0.2, 0.25) is 0 Å². The Balaban J connectivity index is 1.05. The zero-order valence-electron chi connectivity index (χ0n) is 54.2. The van der Waals surface area contributed by atoms with Gasteiger partial charge in [0.25, 0.3) is 0 Å². The highest BCUT2D eigenvalue weighted by Gasteiger charge is 2.62. The number of piperidine rings is 1. The third kappa shape index (κ3) is 14.6. The van der Waals surface area contributed by atoms with Crippen molar-refractivity contribution in [2.45, 2.75) is 223 Å². The summed E-state index contributed by atoms with van der Waals surface area (Å²) < 4.78 is 74.4. The number of aliphatic hydroxyl groups excluding tert-OH is 2. The Kier molecular flexibility index (Phi) is 22.8. The first kappa shape index (κ1) is 68.6. The molecule has 23 heteroatoms. The fourth-order valence-corrected chi connectivity index (χ4v) is 15.5. The van der Waals surface area contributed by atoms with E-state index in [0.29, 0.717) is 50.8 Å². The zero-order valence-corrected chi connectivity index (χ0v) is 54.2. The lowest BCUT2D eigenvalue weighted by atomic mass is 9.67. The number of aromatic nitrogens is 3. The standard InChI is InChI=1S/C64H102FN7O15/c1-16-51-64(11)56(72(61(78)87-64)66-33-43-24-28-82-35-43)40(6)53(74)36(2)30-63(10,81-15)58(38(4)52(39(5)59(77)85-51)50-31-62(9,80-14)57(76)41(7)84-50)86-60-54(75)48(29-37(3)83-60)69(12)25-23-47-34-71(68-67-47)49(32-65)55(79-13)46-19-17-44(18-20-46)45-21-26-70(27-22-45)42(8)73/h17-20,34,36-41,43,45,48-52,54-58,60,66,75-76H,16,21-33,35H2,1-15H3/t36-,37-,38+,39-,40+,41+,43?,48+,49-,50?,51-,52+,54-,55-,56-,57+,58-,60+,62-,63-,64-/m1/s1. The van der Waals surface area contributed by atoms with E-state index in [4.69, 9.17) is 42.6 Å². The van der Waals surface area contributed by atoms with E-state index in [1.807, 2.05) is 70.5 Å². The van der Waals surface area contributed by atoms with Crippen molar-refractivity contribution in [1.82, 2.24) is 35.2 Å². The van der Waals surface area contributed by atoms with E-state index in [1.165, 1.54) is 22.4 Å². The predicted molar refractivity (Wildman–Crippen MR) is 319 cm³/mol. The maximum absolute atomic E-state index is 15.3. The highest BCUT2D eigenvalue weighted by Crippen LogP contribution is 2.48. The number of amides is 2. The topological polar surface area (TPSA) is 244 Å².